The van der Waals surface area contributed by atoms with Crippen LogP contribution in [-0.4, -0.2) is 26.5 Å². The molecule has 0 spiro atoms. The van der Waals surface area contributed by atoms with Gasteiger partial charge >= 0.3 is 0 Å². The highest BCUT2D eigenvalue weighted by Gasteiger charge is 2.07. The summed E-state index contributed by atoms with van der Waals surface area (Å²) < 4.78 is 0.905. The Morgan fingerprint density at radius 3 is 2.64 bits per heavy atom. The topological polar surface area (TPSA) is 33.5 Å². The lowest BCUT2D eigenvalue weighted by Crippen LogP contribution is -3.06. The number of likely N-dealkylation sites (N-methyl/N-ethyl adjacent to an activating group) is 1. The third-order valence-electron chi connectivity index (χ3n) is 1.66. The molecule has 2 N–H and O–H groups in total. The molecule has 0 aliphatic rings. The Morgan fingerprint density at radius 1 is 1.43 bits per heavy atom. The largest absolute Gasteiger partial charge is 0.332 e. The molecule has 3 nitrogen and oxygen atoms in total. The van der Waals surface area contributed by atoms with Crippen LogP contribution < -0.4 is 10.2 Å². The van der Waals surface area contributed by atoms with Crippen LogP contribution in [0.4, 0.5) is 5.69 Å². The first kappa shape index (κ1) is 11.2. The number of hydrogen-bond donors (Lipinski definition) is 2. The van der Waals surface area contributed by atoms with Gasteiger partial charge in [0.25, 0.3) is 5.91 Å². The normalized spacial score (nSPS) is 10.3. The lowest BCUT2D eigenvalue weighted by atomic mass is 10.3. The van der Waals surface area contributed by atoms with Crippen LogP contribution in [0.2, 0.25) is 0 Å². The summed E-state index contributed by atoms with van der Waals surface area (Å²) in [4.78, 5) is 12.5. The molecule has 0 aliphatic carbocycles. The molecule has 1 aromatic carbocycles. The van der Waals surface area contributed by atoms with Gasteiger partial charge < -0.3 is 10.2 Å². The monoisotopic (exact) mass is 257 g/mol. The van der Waals surface area contributed by atoms with Crippen molar-refractivity contribution in [2.75, 3.05) is 26.0 Å². The number of halogens is 1. The molecule has 0 aliphatic heterocycles. The molecule has 1 amide bonds. The molecule has 76 valence electrons. The number of quaternary nitrogens is 1. The lowest BCUT2D eigenvalue weighted by Gasteiger charge is -2.09. The van der Waals surface area contributed by atoms with Crippen molar-refractivity contribution in [3.05, 3.63) is 28.7 Å². The number of carbonyl (C=O) groups is 1. The predicted octanol–water partition coefficient (Wildman–Crippen LogP) is 0.532. The molecular weight excluding hydrogens is 244 g/mol. The van der Waals surface area contributed by atoms with Gasteiger partial charge in [0.1, 0.15) is 0 Å². The standard InChI is InChI=1S/C10H13BrN2O/c1-13(2)7-10(14)12-9-6-4-3-5-8(9)11/h3-6H,7H2,1-2H3,(H,12,14)/p+1. The fourth-order valence-electron chi connectivity index (χ4n) is 1.08. The first-order chi connectivity index (χ1) is 6.59. The predicted molar refractivity (Wildman–Crippen MR) is 60.4 cm³/mol. The molecule has 0 saturated carbocycles. The van der Waals surface area contributed by atoms with Crippen molar-refractivity contribution in [2.24, 2.45) is 0 Å². The summed E-state index contributed by atoms with van der Waals surface area (Å²) in [7, 11) is 3.89. The van der Waals surface area contributed by atoms with Gasteiger partial charge in [0.15, 0.2) is 6.54 Å². The van der Waals surface area contributed by atoms with Gasteiger partial charge in [0.05, 0.1) is 19.8 Å². The zero-order valence-electron chi connectivity index (χ0n) is 8.30. The molecule has 0 unspecified atom stereocenters. The van der Waals surface area contributed by atoms with Gasteiger partial charge in [-0.3, -0.25) is 4.79 Å². The number of hydrogen-bond acceptors (Lipinski definition) is 1. The molecule has 14 heavy (non-hydrogen) atoms. The van der Waals surface area contributed by atoms with E-state index in [9.17, 15) is 4.79 Å². The van der Waals surface area contributed by atoms with Gasteiger partial charge in [0.2, 0.25) is 0 Å². The molecule has 0 aromatic heterocycles. The van der Waals surface area contributed by atoms with Crippen LogP contribution in [0.25, 0.3) is 0 Å². The molecule has 0 heterocycles. The second-order valence-electron chi connectivity index (χ2n) is 3.41. The van der Waals surface area contributed by atoms with Crippen LogP contribution in [0.3, 0.4) is 0 Å². The molecule has 4 heteroatoms. The molecule has 0 radical (unpaired) electrons. The maximum absolute atomic E-state index is 11.4. The summed E-state index contributed by atoms with van der Waals surface area (Å²) in [5.41, 5.74) is 0.818. The third-order valence-corrected chi connectivity index (χ3v) is 2.35. The zero-order valence-corrected chi connectivity index (χ0v) is 9.89. The minimum atomic E-state index is 0.0249. The fraction of sp³-hybridized carbons (Fsp3) is 0.300. The molecule has 1 rings (SSSR count). The van der Waals surface area contributed by atoms with Crippen molar-refractivity contribution < 1.29 is 9.69 Å². The summed E-state index contributed by atoms with van der Waals surface area (Å²) in [6.45, 7) is 0.474. The van der Waals surface area contributed by atoms with Crippen LogP contribution in [-0.2, 0) is 4.79 Å². The average Bonchev–Trinajstić information content (AvgIpc) is 2.07. The summed E-state index contributed by atoms with van der Waals surface area (Å²) in [5.74, 6) is 0.0249. The molecule has 0 fully saturated rings. The Labute approximate surface area is 92.2 Å². The van der Waals surface area contributed by atoms with Crippen molar-refractivity contribution in [1.82, 2.24) is 0 Å². The Morgan fingerprint density at radius 2 is 2.07 bits per heavy atom. The zero-order chi connectivity index (χ0) is 10.6. The average molecular weight is 258 g/mol. The van der Waals surface area contributed by atoms with Gasteiger partial charge in [-0.25, -0.2) is 0 Å². The second-order valence-corrected chi connectivity index (χ2v) is 4.27. The van der Waals surface area contributed by atoms with Crippen molar-refractivity contribution >= 4 is 27.5 Å². The van der Waals surface area contributed by atoms with Crippen molar-refractivity contribution in [3.63, 3.8) is 0 Å². The van der Waals surface area contributed by atoms with E-state index < -0.39 is 0 Å². The summed E-state index contributed by atoms with van der Waals surface area (Å²) in [5, 5.41) is 2.83. The number of rotatable bonds is 3. The lowest BCUT2D eigenvalue weighted by molar-refractivity contribution is -0.849. The van der Waals surface area contributed by atoms with Crippen LogP contribution in [0.1, 0.15) is 0 Å². The Balaban J connectivity index is 2.61. The van der Waals surface area contributed by atoms with Crippen LogP contribution in [0.15, 0.2) is 28.7 Å². The van der Waals surface area contributed by atoms with Gasteiger partial charge in [-0.2, -0.15) is 0 Å². The van der Waals surface area contributed by atoms with Gasteiger partial charge in [-0.15, -0.1) is 0 Å². The van der Waals surface area contributed by atoms with Crippen LogP contribution in [0, 0.1) is 0 Å². The van der Waals surface area contributed by atoms with Gasteiger partial charge in [0, 0.05) is 4.47 Å². The first-order valence-corrected chi connectivity index (χ1v) is 5.22. The van der Waals surface area contributed by atoms with E-state index in [-0.39, 0.29) is 5.91 Å². The number of para-hydroxylation sites is 1. The SMILES string of the molecule is C[NH+](C)CC(=O)Nc1ccccc1Br. The van der Waals surface area contributed by atoms with Gasteiger partial charge in [-0.1, -0.05) is 12.1 Å². The highest BCUT2D eigenvalue weighted by atomic mass is 79.9. The molecule has 1 aromatic rings. The van der Waals surface area contributed by atoms with E-state index in [1.54, 1.807) is 0 Å². The van der Waals surface area contributed by atoms with Gasteiger partial charge in [-0.05, 0) is 28.1 Å². The van der Waals surface area contributed by atoms with Crippen molar-refractivity contribution in [2.45, 2.75) is 0 Å². The van der Waals surface area contributed by atoms with E-state index >= 15 is 0 Å². The number of anilines is 1. The van der Waals surface area contributed by atoms with Crippen molar-refractivity contribution in [3.8, 4) is 0 Å². The molecule has 0 bridgehead atoms. The number of amides is 1. The number of nitrogens with one attached hydrogen (secondary N) is 2. The fourth-order valence-corrected chi connectivity index (χ4v) is 1.46. The Hall–Kier alpha value is -0.870. The highest BCUT2D eigenvalue weighted by molar-refractivity contribution is 9.10. The van der Waals surface area contributed by atoms with Crippen LogP contribution >= 0.6 is 15.9 Å². The van der Waals surface area contributed by atoms with E-state index in [0.29, 0.717) is 6.54 Å². The maximum atomic E-state index is 11.4. The maximum Gasteiger partial charge on any atom is 0.279 e. The first-order valence-electron chi connectivity index (χ1n) is 4.43. The quantitative estimate of drug-likeness (QED) is 0.814. The summed E-state index contributed by atoms with van der Waals surface area (Å²) in [6, 6.07) is 7.57. The van der Waals surface area contributed by atoms with E-state index in [0.717, 1.165) is 15.1 Å². The van der Waals surface area contributed by atoms with Crippen LogP contribution in [0.5, 0.6) is 0 Å². The molecule has 0 saturated heterocycles. The molecular formula is C10H14BrN2O+. The summed E-state index contributed by atoms with van der Waals surface area (Å²) in [6.07, 6.45) is 0. The Kier molecular flexibility index (Phi) is 4.10. The number of carbonyl (C=O) groups excluding carboxylic acids is 1. The number of benzene rings is 1. The van der Waals surface area contributed by atoms with E-state index in [1.165, 1.54) is 0 Å². The highest BCUT2D eigenvalue weighted by Crippen LogP contribution is 2.20. The summed E-state index contributed by atoms with van der Waals surface area (Å²) >= 11 is 3.37. The minimum absolute atomic E-state index is 0.0249. The van der Waals surface area contributed by atoms with E-state index in [2.05, 4.69) is 21.2 Å². The van der Waals surface area contributed by atoms with E-state index in [1.807, 2.05) is 38.4 Å². The third kappa shape index (κ3) is 3.47. The minimum Gasteiger partial charge on any atom is -0.332 e. The second kappa shape index (κ2) is 5.12. The Bertz CT molecular complexity index is 326. The van der Waals surface area contributed by atoms with Crippen molar-refractivity contribution in [1.29, 1.82) is 0 Å². The smallest absolute Gasteiger partial charge is 0.279 e. The van der Waals surface area contributed by atoms with E-state index in [4.69, 9.17) is 0 Å². The molecule has 0 atom stereocenters.